The highest BCUT2D eigenvalue weighted by molar-refractivity contribution is 5.99. The van der Waals surface area contributed by atoms with E-state index in [1.165, 1.54) is 13.8 Å². The van der Waals surface area contributed by atoms with E-state index >= 15 is 0 Å². The van der Waals surface area contributed by atoms with Crippen LogP contribution in [0, 0.1) is 5.92 Å². The molecule has 0 aliphatic carbocycles. The van der Waals surface area contributed by atoms with Crippen molar-refractivity contribution in [1.29, 1.82) is 0 Å². The molecule has 0 radical (unpaired) electrons. The number of carboxylic acid groups (broad SMARTS) is 1. The first-order valence-electron chi connectivity index (χ1n) is 34.8. The fourth-order valence-corrected chi connectivity index (χ4v) is 12.6. The van der Waals surface area contributed by atoms with Crippen molar-refractivity contribution >= 4 is 70.9 Å². The van der Waals surface area contributed by atoms with Crippen LogP contribution in [0.1, 0.15) is 94.9 Å². The molecule has 0 spiro atoms. The lowest BCUT2D eigenvalue weighted by molar-refractivity contribution is -0.352. The van der Waals surface area contributed by atoms with Gasteiger partial charge in [-0.1, -0.05) is 13.8 Å². The van der Waals surface area contributed by atoms with Crippen molar-refractivity contribution in [3.8, 4) is 0 Å². The third kappa shape index (κ3) is 23.4. The summed E-state index contributed by atoms with van der Waals surface area (Å²) >= 11 is 0. The Labute approximate surface area is 613 Å². The number of carbonyl (C=O) groups is 12. The molecule has 11 amide bonds. The zero-order valence-corrected chi connectivity index (χ0v) is 60.6. The molecule has 0 aromatic rings. The van der Waals surface area contributed by atoms with E-state index < -0.39 is 286 Å². The summed E-state index contributed by atoms with van der Waals surface area (Å²) in [6, 6.07) is -19.2. The van der Waals surface area contributed by atoms with Gasteiger partial charge in [0.25, 0.3) is 0 Å². The number of ether oxygens (including phenoxy) is 6. The Hall–Kier alpha value is -7.16. The molecule has 610 valence electrons. The van der Waals surface area contributed by atoms with E-state index in [4.69, 9.17) is 39.3 Å². The molecule has 0 saturated carbocycles. The average molecular weight is 1540 g/mol. The number of amides is 11. The summed E-state index contributed by atoms with van der Waals surface area (Å²) in [5.74, 6) is -14.1. The summed E-state index contributed by atoms with van der Waals surface area (Å²) < 4.78 is 35.6. The molecular weight excluding hydrogens is 1440 g/mol. The average Bonchev–Trinajstić information content (AvgIpc) is 1.40. The normalized spacial score (nSPS) is 31.1. The zero-order valence-electron chi connectivity index (χ0n) is 60.6. The van der Waals surface area contributed by atoms with E-state index in [2.05, 4.69) is 42.5 Å². The largest absolute Gasteiger partial charge is 0.480 e. The number of hydrogen-bond acceptors (Lipinski definition) is 32. The number of nitrogens with one attached hydrogen (secondary N) is 9. The van der Waals surface area contributed by atoms with Gasteiger partial charge in [0.05, 0.1) is 56.4 Å². The fourth-order valence-electron chi connectivity index (χ4n) is 12.6. The minimum atomic E-state index is -2.17. The lowest BCUT2D eigenvalue weighted by Crippen LogP contribution is -2.69. The van der Waals surface area contributed by atoms with Gasteiger partial charge in [-0.25, -0.2) is 0 Å². The van der Waals surface area contributed by atoms with Gasteiger partial charge in [-0.3, -0.25) is 57.5 Å². The second kappa shape index (κ2) is 40.5. The van der Waals surface area contributed by atoms with Gasteiger partial charge >= 0.3 is 5.97 Å². The quantitative estimate of drug-likeness (QED) is 0.0280. The Balaban J connectivity index is 1.40. The van der Waals surface area contributed by atoms with Crippen LogP contribution in [0.15, 0.2) is 0 Å². The van der Waals surface area contributed by atoms with Gasteiger partial charge in [0.2, 0.25) is 65.0 Å². The van der Waals surface area contributed by atoms with Gasteiger partial charge in [0, 0.05) is 26.9 Å². The highest BCUT2D eigenvalue weighted by atomic mass is 16.7. The molecule has 5 aliphatic rings. The highest BCUT2D eigenvalue weighted by Gasteiger charge is 2.55. The lowest BCUT2D eigenvalue weighted by atomic mass is 9.94. The van der Waals surface area contributed by atoms with Crippen LogP contribution in [0.2, 0.25) is 0 Å². The van der Waals surface area contributed by atoms with E-state index in [9.17, 15) is 124 Å². The number of nitrogens with zero attached hydrogens (tertiary/aromatic N) is 2. The van der Waals surface area contributed by atoms with Crippen LogP contribution in [0.25, 0.3) is 0 Å². The van der Waals surface area contributed by atoms with Crippen LogP contribution < -0.4 is 53.6 Å². The number of aliphatic carboxylic acids is 1. The second-order valence-electron chi connectivity index (χ2n) is 27.5. The maximum atomic E-state index is 14.8. The predicted molar refractivity (Wildman–Crippen MR) is 356 cm³/mol. The molecule has 5 saturated heterocycles. The fraction of sp³-hybridized carbons (Fsp3) is 0.810. The molecule has 0 unspecified atom stereocenters. The van der Waals surface area contributed by atoms with E-state index in [0.29, 0.717) is 0 Å². The zero-order chi connectivity index (χ0) is 80.7. The third-order valence-electron chi connectivity index (χ3n) is 18.6. The number of aliphatic hydroxyl groups is 13. The van der Waals surface area contributed by atoms with E-state index in [-0.39, 0.29) is 38.8 Å². The first-order chi connectivity index (χ1) is 50.0. The van der Waals surface area contributed by atoms with Crippen molar-refractivity contribution in [2.45, 2.75) is 278 Å². The highest BCUT2D eigenvalue weighted by Crippen LogP contribution is 2.33. The summed E-state index contributed by atoms with van der Waals surface area (Å²) in [5.41, 5.74) is 5.99. The van der Waals surface area contributed by atoms with Crippen LogP contribution in [0.4, 0.5) is 0 Å². The molecular formula is C63H106N12O32. The Bertz CT molecular complexity index is 3060. The molecule has 0 aromatic heterocycles. The maximum Gasteiger partial charge on any atom is 0.322 e. The molecule has 30 atom stereocenters. The number of likely N-dealkylation sites (tertiary alicyclic amines) is 2. The van der Waals surface area contributed by atoms with Crippen molar-refractivity contribution in [3.63, 3.8) is 0 Å². The van der Waals surface area contributed by atoms with Crippen LogP contribution in [-0.4, -0.2) is 375 Å². The van der Waals surface area contributed by atoms with Crippen molar-refractivity contribution in [2.24, 2.45) is 11.7 Å². The van der Waals surface area contributed by atoms with Crippen molar-refractivity contribution in [3.05, 3.63) is 0 Å². The molecule has 5 aliphatic heterocycles. The molecule has 0 bridgehead atoms. The van der Waals surface area contributed by atoms with Crippen LogP contribution in [0.3, 0.4) is 0 Å². The minimum absolute atomic E-state index is 0.0263. The molecule has 25 N–H and O–H groups in total. The van der Waals surface area contributed by atoms with Crippen molar-refractivity contribution in [2.75, 3.05) is 39.5 Å². The standard InChI is InChI=1S/C63H106N12O32/c1-21(2)37(56(97)72-41(26(7)82)60(101)75-16-12-14-31(75)53(94)71-40(25(6)81)59(100)74-15-11-13-30(74)52(93)69-38(23(4)79)55(96)65-17-35(85)86)68-57(98)39(24(5)80)70-58(99)42(73-54(95)36(64)22(3)78)27(8)103-62-44(67-29(10)84)51(107-63-50(92)49(91)46(88)33(19-77)105-63)47(89)34(106-62)20-102-61-43(66-28(9)83)48(90)45(87)32(18-76)104-61/h21-27,30-34,36-51,61-63,76-82,87-92H,11-20,64H2,1-10H3,(H,65,96)(H,66,83)(H,67,84)(H,68,98)(H,69,93)(H,70,99)(H,71,94)(H,72,97)(H,73,95)(H,85,86)/t22-,23-,24-,25-,26-,27-,30+,31+,32-,33-,34-,36+,37+,38+,39+,40+,41+,42+,43-,44-,45-,46+,47-,48-,49+,50-,51-,61-,62+,63+/m1/s1. The van der Waals surface area contributed by atoms with Gasteiger partial charge < -0.3 is 163 Å². The van der Waals surface area contributed by atoms with Crippen LogP contribution in [-0.2, 0) is 86.0 Å². The molecule has 5 rings (SSSR count). The maximum absolute atomic E-state index is 14.8. The number of carboxylic acids is 1. The summed E-state index contributed by atoms with van der Waals surface area (Å²) in [4.78, 5) is 165. The smallest absolute Gasteiger partial charge is 0.322 e. The first kappa shape index (κ1) is 90.5. The Morgan fingerprint density at radius 1 is 0.477 bits per heavy atom. The van der Waals surface area contributed by atoms with Gasteiger partial charge in [0.1, 0.15) is 134 Å². The minimum Gasteiger partial charge on any atom is -0.480 e. The van der Waals surface area contributed by atoms with Crippen LogP contribution in [0.5, 0.6) is 0 Å². The number of nitrogens with two attached hydrogens (primary N) is 1. The topological polar surface area (TPSA) is 684 Å². The summed E-state index contributed by atoms with van der Waals surface area (Å²) in [5, 5.41) is 170. The van der Waals surface area contributed by atoms with Gasteiger partial charge in [-0.2, -0.15) is 0 Å². The van der Waals surface area contributed by atoms with E-state index in [0.717, 1.165) is 65.2 Å². The SMILES string of the molecule is CC(=O)N[C@H]1[C@H](OC[C@H]2O[C@H](O[C@H](C)[C@H](NC(=O)[C@@H](N)[C@@H](C)O)C(=O)N[C@H](C(=O)N[C@H](C(=O)N[C@H](C(=O)N3CCC[C@H]3C(=O)N[C@H](C(=O)N3CCC[C@H]3C(=O)N[C@H](C(=O)NCC(=O)O)[C@@H](C)O)[C@@H](C)O)[C@@H](C)O)C(C)C)[C@@H](C)O)[C@H](NC(C)=O)[C@@H](O[C@@H]3O[C@H](CO)[C@H](O)[C@H](O)[C@H]3O)[C@@H]2O)O[C@H](CO)[C@@H](O)[C@@H]1O. The summed E-state index contributed by atoms with van der Waals surface area (Å²) in [6.07, 6.45) is -34.8. The predicted octanol–water partition coefficient (Wildman–Crippen LogP) is -13.9. The van der Waals surface area contributed by atoms with Crippen molar-refractivity contribution < 1.29 is 157 Å². The lowest BCUT2D eigenvalue weighted by Gasteiger charge is -2.48. The number of aliphatic hydroxyl groups excluding tert-OH is 13. The Morgan fingerprint density at radius 3 is 1.37 bits per heavy atom. The molecule has 44 nitrogen and oxygen atoms in total. The second-order valence-corrected chi connectivity index (χ2v) is 27.5. The monoisotopic (exact) mass is 1540 g/mol. The summed E-state index contributed by atoms with van der Waals surface area (Å²) in [6.45, 7) is 7.64. The summed E-state index contributed by atoms with van der Waals surface area (Å²) in [7, 11) is 0. The Kier molecular flexibility index (Phi) is 34.2. The molecule has 0 aromatic carbocycles. The van der Waals surface area contributed by atoms with E-state index in [1.807, 2.05) is 5.32 Å². The van der Waals surface area contributed by atoms with Gasteiger partial charge in [-0.05, 0) is 73.1 Å². The van der Waals surface area contributed by atoms with Gasteiger partial charge in [-0.15, -0.1) is 0 Å². The van der Waals surface area contributed by atoms with E-state index in [1.54, 1.807) is 0 Å². The number of rotatable bonds is 35. The third-order valence-corrected chi connectivity index (χ3v) is 18.6. The molecule has 5 fully saturated rings. The van der Waals surface area contributed by atoms with Gasteiger partial charge in [0.15, 0.2) is 18.9 Å². The van der Waals surface area contributed by atoms with Crippen molar-refractivity contribution in [1.82, 2.24) is 57.7 Å². The number of carbonyl (C=O) groups excluding carboxylic acids is 11. The Morgan fingerprint density at radius 2 is 0.897 bits per heavy atom. The van der Waals surface area contributed by atoms with Crippen LogP contribution >= 0.6 is 0 Å². The molecule has 44 heteroatoms. The first-order valence-corrected chi connectivity index (χ1v) is 34.8. The molecule has 107 heavy (non-hydrogen) atoms. The number of hydrogen-bond donors (Lipinski definition) is 24. The molecule has 5 heterocycles.